The van der Waals surface area contributed by atoms with Gasteiger partial charge in [0.15, 0.2) is 0 Å². The Morgan fingerprint density at radius 2 is 2.00 bits per heavy atom. The molecular formula is C15H22ClN3O3. The second kappa shape index (κ2) is 9.27. The van der Waals surface area contributed by atoms with Crippen LogP contribution in [0.2, 0.25) is 0 Å². The van der Waals surface area contributed by atoms with Crippen LogP contribution in [0, 0.1) is 0 Å². The Bertz CT molecular complexity index is 487. The van der Waals surface area contributed by atoms with E-state index < -0.39 is 0 Å². The van der Waals surface area contributed by atoms with Gasteiger partial charge in [0.25, 0.3) is 0 Å². The van der Waals surface area contributed by atoms with Gasteiger partial charge in [0.1, 0.15) is 5.75 Å². The first-order chi connectivity index (χ1) is 10.1. The van der Waals surface area contributed by atoms with Crippen LogP contribution in [0.25, 0.3) is 0 Å². The van der Waals surface area contributed by atoms with Crippen molar-refractivity contribution in [1.82, 2.24) is 5.32 Å². The molecule has 122 valence electrons. The molecule has 1 fully saturated rings. The second-order valence-electron chi connectivity index (χ2n) is 5.08. The lowest BCUT2D eigenvalue weighted by atomic mass is 10.0. The number of piperidine rings is 1. The van der Waals surface area contributed by atoms with Crippen LogP contribution in [0.15, 0.2) is 24.3 Å². The third-order valence-electron chi connectivity index (χ3n) is 3.37. The van der Waals surface area contributed by atoms with Crippen molar-refractivity contribution in [2.24, 2.45) is 5.73 Å². The maximum absolute atomic E-state index is 12.0. The Hall–Kier alpha value is -1.79. The maximum atomic E-state index is 12.0. The van der Waals surface area contributed by atoms with Gasteiger partial charge in [-0.1, -0.05) is 6.42 Å². The molecule has 1 aromatic carbocycles. The molecule has 0 bridgehead atoms. The van der Waals surface area contributed by atoms with E-state index in [0.717, 1.165) is 31.5 Å². The molecule has 1 aliphatic heterocycles. The first kappa shape index (κ1) is 18.3. The minimum Gasteiger partial charge on any atom is -0.493 e. The Balaban J connectivity index is 0.00000242. The topological polar surface area (TPSA) is 93.5 Å². The fourth-order valence-electron chi connectivity index (χ4n) is 2.21. The molecule has 0 saturated carbocycles. The highest BCUT2D eigenvalue weighted by atomic mass is 35.5. The van der Waals surface area contributed by atoms with E-state index >= 15 is 0 Å². The molecule has 1 unspecified atom stereocenters. The minimum absolute atomic E-state index is 0. The standard InChI is InChI=1S/C15H21N3O3.ClH/c16-14(19)8-10-21-12-6-4-11(5-7-12)18-15(20)13-3-1-2-9-17-13;/h4-7,13,17H,1-3,8-10H2,(H2,16,19)(H,18,20);1H. The number of amides is 2. The Labute approximate surface area is 136 Å². The highest BCUT2D eigenvalue weighted by Crippen LogP contribution is 2.17. The van der Waals surface area contributed by atoms with Crippen molar-refractivity contribution in [2.45, 2.75) is 31.7 Å². The normalized spacial score (nSPS) is 17.2. The molecule has 7 heteroatoms. The zero-order valence-corrected chi connectivity index (χ0v) is 13.2. The van der Waals surface area contributed by atoms with Crippen molar-refractivity contribution in [3.8, 4) is 5.75 Å². The molecule has 0 spiro atoms. The van der Waals surface area contributed by atoms with E-state index in [2.05, 4.69) is 10.6 Å². The van der Waals surface area contributed by atoms with Crippen LogP contribution in [-0.2, 0) is 9.59 Å². The molecule has 1 heterocycles. The number of ether oxygens (including phenoxy) is 1. The van der Waals surface area contributed by atoms with Gasteiger partial charge in [-0.2, -0.15) is 0 Å². The van der Waals surface area contributed by atoms with Gasteiger partial charge < -0.3 is 21.1 Å². The van der Waals surface area contributed by atoms with Gasteiger partial charge in [-0.3, -0.25) is 9.59 Å². The van der Waals surface area contributed by atoms with Crippen molar-refractivity contribution in [3.63, 3.8) is 0 Å². The number of hydrogen-bond donors (Lipinski definition) is 3. The van der Waals surface area contributed by atoms with Crippen LogP contribution in [0.3, 0.4) is 0 Å². The molecule has 1 atom stereocenters. The van der Waals surface area contributed by atoms with Gasteiger partial charge in [-0.05, 0) is 43.7 Å². The molecule has 4 N–H and O–H groups in total. The van der Waals surface area contributed by atoms with Crippen LogP contribution >= 0.6 is 12.4 Å². The van der Waals surface area contributed by atoms with Gasteiger partial charge >= 0.3 is 0 Å². The Morgan fingerprint density at radius 3 is 2.59 bits per heavy atom. The average molecular weight is 328 g/mol. The van der Waals surface area contributed by atoms with Gasteiger partial charge in [-0.25, -0.2) is 0 Å². The molecule has 0 aromatic heterocycles. The first-order valence-electron chi connectivity index (χ1n) is 7.20. The van der Waals surface area contributed by atoms with Crippen molar-refractivity contribution in [3.05, 3.63) is 24.3 Å². The SMILES string of the molecule is Cl.NC(=O)CCOc1ccc(NC(=O)C2CCCCN2)cc1. The quantitative estimate of drug-likeness (QED) is 0.737. The summed E-state index contributed by atoms with van der Waals surface area (Å²) in [5.74, 6) is 0.251. The highest BCUT2D eigenvalue weighted by Gasteiger charge is 2.20. The minimum atomic E-state index is -0.390. The van der Waals surface area contributed by atoms with E-state index in [1.807, 2.05) is 0 Å². The smallest absolute Gasteiger partial charge is 0.241 e. The molecule has 22 heavy (non-hydrogen) atoms. The first-order valence-corrected chi connectivity index (χ1v) is 7.20. The summed E-state index contributed by atoms with van der Waals surface area (Å²) in [7, 11) is 0. The number of carbonyl (C=O) groups is 2. The van der Waals surface area contributed by atoms with E-state index in [9.17, 15) is 9.59 Å². The van der Waals surface area contributed by atoms with Crippen molar-refractivity contribution in [2.75, 3.05) is 18.5 Å². The lowest BCUT2D eigenvalue weighted by molar-refractivity contribution is -0.119. The molecule has 0 aliphatic carbocycles. The summed E-state index contributed by atoms with van der Waals surface area (Å²) in [6, 6.07) is 6.96. The highest BCUT2D eigenvalue weighted by molar-refractivity contribution is 5.94. The summed E-state index contributed by atoms with van der Waals surface area (Å²) in [5.41, 5.74) is 5.77. The third-order valence-corrected chi connectivity index (χ3v) is 3.37. The summed E-state index contributed by atoms with van der Waals surface area (Å²) in [6.07, 6.45) is 3.27. The van der Waals surface area contributed by atoms with E-state index in [-0.39, 0.29) is 43.3 Å². The molecule has 6 nitrogen and oxygen atoms in total. The van der Waals surface area contributed by atoms with E-state index in [1.165, 1.54) is 0 Å². The second-order valence-corrected chi connectivity index (χ2v) is 5.08. The van der Waals surface area contributed by atoms with Gasteiger partial charge in [0, 0.05) is 5.69 Å². The van der Waals surface area contributed by atoms with Crippen LogP contribution in [0.1, 0.15) is 25.7 Å². The monoisotopic (exact) mass is 327 g/mol. The van der Waals surface area contributed by atoms with Crippen molar-refractivity contribution >= 4 is 29.9 Å². The summed E-state index contributed by atoms with van der Waals surface area (Å²) in [5, 5.41) is 6.09. The average Bonchev–Trinajstić information content (AvgIpc) is 2.49. The maximum Gasteiger partial charge on any atom is 0.241 e. The third kappa shape index (κ3) is 5.91. The lowest BCUT2D eigenvalue weighted by Crippen LogP contribution is -2.43. The number of primary amides is 1. The lowest BCUT2D eigenvalue weighted by Gasteiger charge is -2.22. The summed E-state index contributed by atoms with van der Waals surface area (Å²) < 4.78 is 5.37. The number of halogens is 1. The fourth-order valence-corrected chi connectivity index (χ4v) is 2.21. The summed E-state index contributed by atoms with van der Waals surface area (Å²) >= 11 is 0. The van der Waals surface area contributed by atoms with Gasteiger partial charge in [0.2, 0.25) is 11.8 Å². The summed E-state index contributed by atoms with van der Waals surface area (Å²) in [4.78, 5) is 22.6. The predicted molar refractivity (Wildman–Crippen MR) is 87.3 cm³/mol. The van der Waals surface area contributed by atoms with Gasteiger partial charge in [0.05, 0.1) is 19.1 Å². The number of rotatable bonds is 6. The molecule has 2 rings (SSSR count). The van der Waals surface area contributed by atoms with Gasteiger partial charge in [-0.15, -0.1) is 12.4 Å². The molecule has 1 aromatic rings. The van der Waals surface area contributed by atoms with Crippen LogP contribution < -0.4 is 21.1 Å². The van der Waals surface area contributed by atoms with Crippen LogP contribution in [0.4, 0.5) is 5.69 Å². The van der Waals surface area contributed by atoms with Crippen molar-refractivity contribution < 1.29 is 14.3 Å². The van der Waals surface area contributed by atoms with E-state index in [1.54, 1.807) is 24.3 Å². The van der Waals surface area contributed by atoms with Crippen LogP contribution in [0.5, 0.6) is 5.75 Å². The molecule has 0 radical (unpaired) electrons. The van der Waals surface area contributed by atoms with Crippen molar-refractivity contribution in [1.29, 1.82) is 0 Å². The van der Waals surface area contributed by atoms with E-state index in [0.29, 0.717) is 5.75 Å². The number of nitrogens with two attached hydrogens (primary N) is 1. The molecule has 1 saturated heterocycles. The summed E-state index contributed by atoms with van der Waals surface area (Å²) in [6.45, 7) is 1.15. The Kier molecular flexibility index (Phi) is 7.70. The fraction of sp³-hybridized carbons (Fsp3) is 0.467. The largest absolute Gasteiger partial charge is 0.493 e. The molecule has 2 amide bonds. The Morgan fingerprint density at radius 1 is 1.27 bits per heavy atom. The number of benzene rings is 1. The predicted octanol–water partition coefficient (Wildman–Crippen LogP) is 1.44. The number of nitrogens with one attached hydrogen (secondary N) is 2. The zero-order chi connectivity index (χ0) is 15.1. The number of carbonyl (C=O) groups excluding carboxylic acids is 2. The molecular weight excluding hydrogens is 306 g/mol. The zero-order valence-electron chi connectivity index (χ0n) is 12.3. The molecule has 1 aliphatic rings. The van der Waals surface area contributed by atoms with Crippen LogP contribution in [-0.4, -0.2) is 31.0 Å². The van der Waals surface area contributed by atoms with E-state index in [4.69, 9.17) is 10.5 Å². The number of anilines is 1. The number of hydrogen-bond acceptors (Lipinski definition) is 4.